The predicted molar refractivity (Wildman–Crippen MR) is 99.4 cm³/mol. The Morgan fingerprint density at radius 3 is 2.68 bits per heavy atom. The summed E-state index contributed by atoms with van der Waals surface area (Å²) < 4.78 is 6.08. The molecule has 136 valence electrons. The Bertz CT molecular complexity index is 594. The van der Waals surface area contributed by atoms with E-state index in [1.807, 2.05) is 50.3 Å². The number of rotatable bonds is 8. The minimum absolute atomic E-state index is 0.0928. The van der Waals surface area contributed by atoms with Gasteiger partial charge in [-0.2, -0.15) is 5.06 Å². The molecular formula is C21H29NO3. The molecule has 2 rings (SSSR count). The molecule has 1 heterocycles. The van der Waals surface area contributed by atoms with Crippen molar-refractivity contribution < 1.29 is 14.4 Å². The molecule has 0 N–H and O–H groups in total. The van der Waals surface area contributed by atoms with E-state index in [1.165, 1.54) is 5.06 Å². The normalized spacial score (nSPS) is 23.2. The molecule has 1 aliphatic rings. The lowest BCUT2D eigenvalue weighted by atomic mass is 9.84. The van der Waals surface area contributed by atoms with Gasteiger partial charge in [0.05, 0.1) is 11.5 Å². The van der Waals surface area contributed by atoms with Crippen molar-refractivity contribution in [2.75, 3.05) is 0 Å². The lowest BCUT2D eigenvalue weighted by Crippen LogP contribution is -2.58. The molecule has 0 aromatic heterocycles. The fourth-order valence-corrected chi connectivity index (χ4v) is 2.76. The van der Waals surface area contributed by atoms with Crippen LogP contribution in [-0.4, -0.2) is 23.3 Å². The lowest BCUT2D eigenvalue weighted by molar-refractivity contribution is -0.279. The molecule has 0 saturated carbocycles. The van der Waals surface area contributed by atoms with Crippen LogP contribution in [0.2, 0.25) is 0 Å². The van der Waals surface area contributed by atoms with Crippen molar-refractivity contribution in [1.82, 2.24) is 5.06 Å². The third-order valence-electron chi connectivity index (χ3n) is 4.43. The zero-order valence-electron chi connectivity index (χ0n) is 15.5. The molecule has 4 heteroatoms. The Balaban J connectivity index is 2.15. The molecule has 1 aromatic carbocycles. The maximum Gasteiger partial charge on any atom is 0.257 e. The average molecular weight is 343 g/mol. The molecule has 0 radical (unpaired) electrons. The predicted octanol–water partition coefficient (Wildman–Crippen LogP) is 4.63. The number of amides is 1. The van der Waals surface area contributed by atoms with Gasteiger partial charge in [-0.25, -0.2) is 0 Å². The zero-order chi connectivity index (χ0) is 18.3. The van der Waals surface area contributed by atoms with Gasteiger partial charge in [0.1, 0.15) is 6.61 Å². The van der Waals surface area contributed by atoms with Gasteiger partial charge in [-0.05, 0) is 31.9 Å². The highest BCUT2D eigenvalue weighted by Crippen LogP contribution is 2.35. The summed E-state index contributed by atoms with van der Waals surface area (Å²) in [5.74, 6) is -0.0928. The number of carbonyl (C=O) groups is 1. The van der Waals surface area contributed by atoms with E-state index in [0.717, 1.165) is 24.8 Å². The molecule has 25 heavy (non-hydrogen) atoms. The van der Waals surface area contributed by atoms with Gasteiger partial charge in [0.25, 0.3) is 5.91 Å². The van der Waals surface area contributed by atoms with Crippen molar-refractivity contribution in [3.05, 3.63) is 60.7 Å². The first kappa shape index (κ1) is 19.4. The van der Waals surface area contributed by atoms with Crippen LogP contribution in [0.3, 0.4) is 0 Å². The highest BCUT2D eigenvalue weighted by atomic mass is 16.7. The Morgan fingerprint density at radius 1 is 1.32 bits per heavy atom. The summed E-state index contributed by atoms with van der Waals surface area (Å²) in [5.41, 5.74) is 0.291. The van der Waals surface area contributed by atoms with Crippen LogP contribution < -0.4 is 0 Å². The number of allylic oxidation sites excluding steroid dienone is 1. The van der Waals surface area contributed by atoms with Crippen LogP contribution >= 0.6 is 0 Å². The van der Waals surface area contributed by atoms with Crippen LogP contribution in [-0.2, 0) is 21.0 Å². The van der Waals surface area contributed by atoms with Gasteiger partial charge < -0.3 is 4.74 Å². The van der Waals surface area contributed by atoms with E-state index in [1.54, 1.807) is 6.08 Å². The molecule has 2 unspecified atom stereocenters. The van der Waals surface area contributed by atoms with E-state index in [4.69, 9.17) is 9.57 Å². The summed E-state index contributed by atoms with van der Waals surface area (Å²) in [6, 6.07) is 9.80. The fourth-order valence-electron chi connectivity index (χ4n) is 2.76. The first-order chi connectivity index (χ1) is 12.0. The second-order valence-electron chi connectivity index (χ2n) is 6.87. The van der Waals surface area contributed by atoms with E-state index in [2.05, 4.69) is 19.6 Å². The number of unbranched alkanes of at least 4 members (excludes halogenated alkanes) is 2. The second kappa shape index (κ2) is 8.97. The number of nitrogens with zero attached hydrogens (tertiary/aromatic N) is 1. The molecule has 0 aliphatic carbocycles. The van der Waals surface area contributed by atoms with Crippen LogP contribution in [0.1, 0.15) is 45.6 Å². The van der Waals surface area contributed by atoms with Gasteiger partial charge in [-0.15, -0.1) is 6.58 Å². The van der Waals surface area contributed by atoms with Gasteiger partial charge in [0.2, 0.25) is 0 Å². The molecule has 0 bridgehead atoms. The molecule has 2 atom stereocenters. The van der Waals surface area contributed by atoms with Crippen LogP contribution in [0.15, 0.2) is 55.1 Å². The Morgan fingerprint density at radius 2 is 2.04 bits per heavy atom. The largest absolute Gasteiger partial charge is 0.344 e. The summed E-state index contributed by atoms with van der Waals surface area (Å²) in [5, 5.41) is 1.37. The van der Waals surface area contributed by atoms with E-state index in [0.29, 0.717) is 6.61 Å². The third-order valence-corrected chi connectivity index (χ3v) is 4.43. The van der Waals surface area contributed by atoms with Crippen molar-refractivity contribution in [3.63, 3.8) is 0 Å². The number of hydrogen-bond donors (Lipinski definition) is 0. The molecule has 1 saturated heterocycles. The number of hydrogen-bond acceptors (Lipinski definition) is 3. The minimum atomic E-state index is -0.716. The molecule has 1 aromatic rings. The standard InChI is InChI=1S/C21H29NO3/c1-5-7-8-12-15-19-22(24-16-17-13-10-9-11-14-17)20(23)21(3,4)18(6-2)25-19/h6,9-15,18-19H,2,5,7-8,16H2,1,3-4H3. The Kier molecular flexibility index (Phi) is 6.97. The molecule has 1 amide bonds. The van der Waals surface area contributed by atoms with Crippen molar-refractivity contribution in [2.24, 2.45) is 5.41 Å². The van der Waals surface area contributed by atoms with Crippen molar-refractivity contribution in [1.29, 1.82) is 0 Å². The summed E-state index contributed by atoms with van der Waals surface area (Å²) in [6.45, 7) is 10.0. The number of ether oxygens (including phenoxy) is 1. The minimum Gasteiger partial charge on any atom is -0.344 e. The van der Waals surface area contributed by atoms with Crippen molar-refractivity contribution in [3.8, 4) is 0 Å². The van der Waals surface area contributed by atoms with Gasteiger partial charge in [-0.1, -0.05) is 62.2 Å². The van der Waals surface area contributed by atoms with Crippen molar-refractivity contribution >= 4 is 5.91 Å². The van der Waals surface area contributed by atoms with Crippen molar-refractivity contribution in [2.45, 2.75) is 59.0 Å². The summed E-state index contributed by atoms with van der Waals surface area (Å²) >= 11 is 0. The van der Waals surface area contributed by atoms with Gasteiger partial charge in [0.15, 0.2) is 6.23 Å². The number of carbonyl (C=O) groups excluding carboxylic acids is 1. The lowest BCUT2D eigenvalue weighted by Gasteiger charge is -2.44. The summed E-state index contributed by atoms with van der Waals surface area (Å²) in [7, 11) is 0. The van der Waals surface area contributed by atoms with E-state index in [-0.39, 0.29) is 12.0 Å². The zero-order valence-corrected chi connectivity index (χ0v) is 15.5. The average Bonchev–Trinajstić information content (AvgIpc) is 2.62. The monoisotopic (exact) mass is 343 g/mol. The smallest absolute Gasteiger partial charge is 0.257 e. The van der Waals surface area contributed by atoms with Gasteiger partial charge in [0, 0.05) is 0 Å². The molecule has 1 fully saturated rings. The van der Waals surface area contributed by atoms with Crippen LogP contribution in [0, 0.1) is 5.41 Å². The van der Waals surface area contributed by atoms with Gasteiger partial charge in [-0.3, -0.25) is 9.63 Å². The number of hydroxylamine groups is 2. The quantitative estimate of drug-likeness (QED) is 0.510. The highest BCUT2D eigenvalue weighted by molar-refractivity contribution is 5.83. The van der Waals surface area contributed by atoms with E-state index >= 15 is 0 Å². The third kappa shape index (κ3) is 4.80. The SMILES string of the molecule is C=CC1OC(C=CCCCC)N(OCc2ccccc2)C(=O)C1(C)C. The molecule has 1 aliphatic heterocycles. The Hall–Kier alpha value is -1.91. The second-order valence-corrected chi connectivity index (χ2v) is 6.87. The topological polar surface area (TPSA) is 38.8 Å². The first-order valence-electron chi connectivity index (χ1n) is 8.96. The first-order valence-corrected chi connectivity index (χ1v) is 8.96. The van der Waals surface area contributed by atoms with Gasteiger partial charge >= 0.3 is 0 Å². The summed E-state index contributed by atoms with van der Waals surface area (Å²) in [6.07, 6.45) is 7.97. The molecule has 4 nitrogen and oxygen atoms in total. The van der Waals surface area contributed by atoms with Crippen LogP contribution in [0.25, 0.3) is 0 Å². The molecular weight excluding hydrogens is 314 g/mol. The van der Waals surface area contributed by atoms with E-state index < -0.39 is 11.6 Å². The van der Waals surface area contributed by atoms with Crippen LogP contribution in [0.4, 0.5) is 0 Å². The maximum absolute atomic E-state index is 13.0. The number of benzene rings is 1. The van der Waals surface area contributed by atoms with Crippen LogP contribution in [0.5, 0.6) is 0 Å². The maximum atomic E-state index is 13.0. The highest BCUT2D eigenvalue weighted by Gasteiger charge is 2.47. The molecule has 0 spiro atoms. The fraction of sp³-hybridized carbons (Fsp3) is 0.476. The Labute approximate surface area is 151 Å². The summed E-state index contributed by atoms with van der Waals surface area (Å²) in [4.78, 5) is 18.8. The van der Waals surface area contributed by atoms with E-state index in [9.17, 15) is 4.79 Å².